The Balaban J connectivity index is 0.00000200. The summed E-state index contributed by atoms with van der Waals surface area (Å²) >= 11 is 0. The first-order chi connectivity index (χ1) is 9.13. The van der Waals surface area contributed by atoms with Crippen molar-refractivity contribution in [1.29, 1.82) is 0 Å². The van der Waals surface area contributed by atoms with E-state index in [1.54, 1.807) is 12.1 Å². The molecule has 0 saturated heterocycles. The quantitative estimate of drug-likeness (QED) is 0.655. The number of nitro benzene ring substituents is 1. The summed E-state index contributed by atoms with van der Waals surface area (Å²) in [6.07, 6.45) is 2.91. The molecule has 1 amide bonds. The van der Waals surface area contributed by atoms with Gasteiger partial charge in [0.05, 0.1) is 4.92 Å². The van der Waals surface area contributed by atoms with Crippen LogP contribution < -0.4 is 11.1 Å². The molecule has 0 bridgehead atoms. The molecule has 7 heteroatoms. The molecule has 1 saturated carbocycles. The largest absolute Gasteiger partial charge is 0.349 e. The van der Waals surface area contributed by atoms with E-state index in [0.717, 1.165) is 19.3 Å². The summed E-state index contributed by atoms with van der Waals surface area (Å²) in [5.74, 6) is -0.121. The molecule has 6 nitrogen and oxygen atoms in total. The van der Waals surface area contributed by atoms with E-state index < -0.39 is 10.8 Å². The predicted octanol–water partition coefficient (Wildman–Crippen LogP) is 1.87. The molecule has 1 fully saturated rings. The van der Waals surface area contributed by atoms with Crippen molar-refractivity contribution in [3.63, 3.8) is 0 Å². The number of hydrogen-bond acceptors (Lipinski definition) is 4. The van der Waals surface area contributed by atoms with Crippen LogP contribution in [-0.4, -0.2) is 23.4 Å². The minimum absolute atomic E-state index is 0. The maximum atomic E-state index is 12.1. The summed E-state index contributed by atoms with van der Waals surface area (Å²) < 4.78 is 0. The van der Waals surface area contributed by atoms with Crippen LogP contribution in [0.25, 0.3) is 0 Å². The first kappa shape index (κ1) is 16.4. The molecule has 3 N–H and O–H groups in total. The van der Waals surface area contributed by atoms with E-state index in [2.05, 4.69) is 5.32 Å². The van der Waals surface area contributed by atoms with Gasteiger partial charge < -0.3 is 11.1 Å². The fourth-order valence-electron chi connectivity index (χ4n) is 2.58. The van der Waals surface area contributed by atoms with Crippen molar-refractivity contribution in [3.05, 3.63) is 39.9 Å². The number of halogens is 1. The fourth-order valence-corrected chi connectivity index (χ4v) is 2.58. The molecule has 0 aliphatic heterocycles. The highest BCUT2D eigenvalue weighted by atomic mass is 35.5. The Hall–Kier alpha value is -1.66. The Morgan fingerprint density at radius 2 is 2.10 bits per heavy atom. The molecule has 2 unspecified atom stereocenters. The van der Waals surface area contributed by atoms with E-state index in [1.165, 1.54) is 12.1 Å². The molecule has 110 valence electrons. The first-order valence-electron chi connectivity index (χ1n) is 6.38. The topological polar surface area (TPSA) is 98.3 Å². The van der Waals surface area contributed by atoms with Gasteiger partial charge in [0.2, 0.25) is 0 Å². The SMILES string of the molecule is Cl.NCC1CCCC1NC(=O)c1ccccc1[N+](=O)[O-]. The molecule has 1 aliphatic carbocycles. The zero-order valence-corrected chi connectivity index (χ0v) is 11.8. The zero-order chi connectivity index (χ0) is 13.8. The van der Waals surface area contributed by atoms with Crippen molar-refractivity contribution >= 4 is 24.0 Å². The molecule has 1 aliphatic rings. The van der Waals surface area contributed by atoms with Gasteiger partial charge in [0, 0.05) is 12.1 Å². The number of nitro groups is 1. The van der Waals surface area contributed by atoms with Gasteiger partial charge in [-0.3, -0.25) is 14.9 Å². The van der Waals surface area contributed by atoms with Gasteiger partial charge >= 0.3 is 0 Å². The van der Waals surface area contributed by atoms with E-state index in [9.17, 15) is 14.9 Å². The predicted molar refractivity (Wildman–Crippen MR) is 78.0 cm³/mol. The molecule has 20 heavy (non-hydrogen) atoms. The van der Waals surface area contributed by atoms with Crippen molar-refractivity contribution in [2.45, 2.75) is 25.3 Å². The summed E-state index contributed by atoms with van der Waals surface area (Å²) in [5.41, 5.74) is 5.60. The monoisotopic (exact) mass is 299 g/mol. The van der Waals surface area contributed by atoms with E-state index in [0.29, 0.717) is 6.54 Å². The minimum Gasteiger partial charge on any atom is -0.349 e. The number of carbonyl (C=O) groups is 1. The smallest absolute Gasteiger partial charge is 0.282 e. The van der Waals surface area contributed by atoms with Crippen molar-refractivity contribution in [2.24, 2.45) is 11.7 Å². The summed E-state index contributed by atoms with van der Waals surface area (Å²) in [7, 11) is 0. The number of hydrogen-bond donors (Lipinski definition) is 2. The van der Waals surface area contributed by atoms with Gasteiger partial charge in [-0.25, -0.2) is 0 Å². The number of amides is 1. The average molecular weight is 300 g/mol. The van der Waals surface area contributed by atoms with Crippen LogP contribution in [0.2, 0.25) is 0 Å². The lowest BCUT2D eigenvalue weighted by Gasteiger charge is -2.19. The molecular formula is C13H18ClN3O3. The molecule has 1 aromatic rings. The van der Waals surface area contributed by atoms with Gasteiger partial charge in [-0.15, -0.1) is 12.4 Å². The van der Waals surface area contributed by atoms with E-state index >= 15 is 0 Å². The van der Waals surface area contributed by atoms with E-state index in [4.69, 9.17) is 5.73 Å². The number of nitrogens with two attached hydrogens (primary N) is 1. The Labute approximate surface area is 123 Å². The highest BCUT2D eigenvalue weighted by Gasteiger charge is 2.29. The summed E-state index contributed by atoms with van der Waals surface area (Å²) in [4.78, 5) is 22.5. The standard InChI is InChI=1S/C13H17N3O3.ClH/c14-8-9-4-3-6-11(9)15-13(17)10-5-1-2-7-12(10)16(18)19;/h1-2,5,7,9,11H,3-4,6,8,14H2,(H,15,17);1H. The minimum atomic E-state index is -0.538. The molecule has 0 aromatic heterocycles. The molecular weight excluding hydrogens is 282 g/mol. The Bertz CT molecular complexity index is 496. The van der Waals surface area contributed by atoms with Crippen LogP contribution in [0.1, 0.15) is 29.6 Å². The summed E-state index contributed by atoms with van der Waals surface area (Å²) in [6.45, 7) is 0.530. The number of benzene rings is 1. The third-order valence-electron chi connectivity index (χ3n) is 3.62. The van der Waals surface area contributed by atoms with Gasteiger partial charge in [-0.05, 0) is 31.4 Å². The fraction of sp³-hybridized carbons (Fsp3) is 0.462. The number of nitrogens with one attached hydrogen (secondary N) is 1. The maximum Gasteiger partial charge on any atom is 0.282 e. The summed E-state index contributed by atoms with van der Waals surface area (Å²) in [5, 5.41) is 13.8. The zero-order valence-electron chi connectivity index (χ0n) is 11.0. The van der Waals surface area contributed by atoms with Crippen molar-refractivity contribution in [1.82, 2.24) is 5.32 Å². The van der Waals surface area contributed by atoms with Crippen LogP contribution >= 0.6 is 12.4 Å². The molecule has 2 rings (SSSR count). The number of para-hydroxylation sites is 1. The Morgan fingerprint density at radius 1 is 1.40 bits per heavy atom. The van der Waals surface area contributed by atoms with Crippen LogP contribution in [0.3, 0.4) is 0 Å². The third-order valence-corrected chi connectivity index (χ3v) is 3.62. The maximum absolute atomic E-state index is 12.1. The lowest BCUT2D eigenvalue weighted by molar-refractivity contribution is -0.385. The number of rotatable bonds is 4. The Morgan fingerprint density at radius 3 is 2.75 bits per heavy atom. The van der Waals surface area contributed by atoms with Gasteiger partial charge in [-0.1, -0.05) is 18.6 Å². The van der Waals surface area contributed by atoms with Crippen molar-refractivity contribution in [3.8, 4) is 0 Å². The second kappa shape index (κ2) is 7.21. The van der Waals surface area contributed by atoms with Gasteiger partial charge in [0.15, 0.2) is 0 Å². The van der Waals surface area contributed by atoms with Crippen LogP contribution in [0.15, 0.2) is 24.3 Å². The molecule has 1 aromatic carbocycles. The van der Waals surface area contributed by atoms with Crippen molar-refractivity contribution < 1.29 is 9.72 Å². The van der Waals surface area contributed by atoms with Crippen molar-refractivity contribution in [2.75, 3.05) is 6.54 Å². The van der Waals surface area contributed by atoms with Gasteiger partial charge in [-0.2, -0.15) is 0 Å². The van der Waals surface area contributed by atoms with Gasteiger partial charge in [0.25, 0.3) is 11.6 Å². The van der Waals surface area contributed by atoms with Crippen LogP contribution in [0, 0.1) is 16.0 Å². The number of nitrogens with zero attached hydrogens (tertiary/aromatic N) is 1. The van der Waals surface area contributed by atoms with E-state index in [1.807, 2.05) is 0 Å². The lowest BCUT2D eigenvalue weighted by atomic mass is 10.0. The van der Waals surface area contributed by atoms with Crippen LogP contribution in [0.4, 0.5) is 5.69 Å². The first-order valence-corrected chi connectivity index (χ1v) is 6.38. The second-order valence-electron chi connectivity index (χ2n) is 4.78. The summed E-state index contributed by atoms with van der Waals surface area (Å²) in [6, 6.07) is 6.01. The van der Waals surface area contributed by atoms with Crippen LogP contribution in [0.5, 0.6) is 0 Å². The normalized spacial score (nSPS) is 21.1. The molecule has 2 atom stereocenters. The second-order valence-corrected chi connectivity index (χ2v) is 4.78. The molecule has 0 spiro atoms. The molecule has 0 heterocycles. The third kappa shape index (κ3) is 3.46. The lowest BCUT2D eigenvalue weighted by Crippen LogP contribution is -2.40. The van der Waals surface area contributed by atoms with E-state index in [-0.39, 0.29) is 35.6 Å². The van der Waals surface area contributed by atoms with Gasteiger partial charge in [0.1, 0.15) is 5.56 Å². The average Bonchev–Trinajstić information content (AvgIpc) is 2.85. The van der Waals surface area contributed by atoms with Crippen LogP contribution in [-0.2, 0) is 0 Å². The number of carbonyl (C=O) groups excluding carboxylic acids is 1. The highest BCUT2D eigenvalue weighted by Crippen LogP contribution is 2.25. The Kier molecular flexibility index (Phi) is 5.91. The molecule has 0 radical (unpaired) electrons. The highest BCUT2D eigenvalue weighted by molar-refractivity contribution is 5.98.